The zero-order valence-electron chi connectivity index (χ0n) is 8.17. The summed E-state index contributed by atoms with van der Waals surface area (Å²) in [6.45, 7) is 3.61. The van der Waals surface area contributed by atoms with Crippen LogP contribution in [0.15, 0.2) is 34.7 Å². The van der Waals surface area contributed by atoms with Crippen LogP contribution in [0.5, 0.6) is 0 Å². The average molecular weight is 190 g/mol. The van der Waals surface area contributed by atoms with Crippen molar-refractivity contribution in [1.82, 2.24) is 0 Å². The van der Waals surface area contributed by atoms with Gasteiger partial charge in [-0.1, -0.05) is 12.1 Å². The summed E-state index contributed by atoms with van der Waals surface area (Å²) in [4.78, 5) is 0. The summed E-state index contributed by atoms with van der Waals surface area (Å²) in [5.41, 5.74) is 1.43. The van der Waals surface area contributed by atoms with E-state index < -0.39 is 0 Å². The van der Waals surface area contributed by atoms with Gasteiger partial charge in [-0.15, -0.1) is 0 Å². The van der Waals surface area contributed by atoms with E-state index in [0.717, 1.165) is 11.3 Å². The van der Waals surface area contributed by atoms with E-state index in [1.54, 1.807) is 13.0 Å². The highest BCUT2D eigenvalue weighted by atomic mass is 19.1. The van der Waals surface area contributed by atoms with E-state index in [9.17, 15) is 4.39 Å². The Kier molecular flexibility index (Phi) is 2.12. The van der Waals surface area contributed by atoms with Gasteiger partial charge in [0.2, 0.25) is 0 Å². The molecule has 1 aromatic carbocycles. The molecule has 1 nitrogen and oxygen atoms in total. The first kappa shape index (κ1) is 9.00. The molecule has 2 aromatic rings. The van der Waals surface area contributed by atoms with Gasteiger partial charge in [0.25, 0.3) is 0 Å². The summed E-state index contributed by atoms with van der Waals surface area (Å²) >= 11 is 0. The van der Waals surface area contributed by atoms with Crippen molar-refractivity contribution < 1.29 is 8.81 Å². The van der Waals surface area contributed by atoms with Crippen molar-refractivity contribution in [3.8, 4) is 11.3 Å². The second kappa shape index (κ2) is 3.29. The fraction of sp³-hybridized carbons (Fsp3) is 0.167. The highest BCUT2D eigenvalue weighted by Crippen LogP contribution is 2.23. The predicted molar refractivity (Wildman–Crippen MR) is 53.6 cm³/mol. The van der Waals surface area contributed by atoms with E-state index in [0.29, 0.717) is 11.3 Å². The molecule has 0 spiro atoms. The van der Waals surface area contributed by atoms with Gasteiger partial charge in [-0.2, -0.15) is 0 Å². The summed E-state index contributed by atoms with van der Waals surface area (Å²) < 4.78 is 18.6. The maximum atomic E-state index is 13.2. The Balaban J connectivity index is 2.47. The molecule has 0 bridgehead atoms. The van der Waals surface area contributed by atoms with Crippen LogP contribution in [0.25, 0.3) is 11.3 Å². The van der Waals surface area contributed by atoms with Crippen LogP contribution in [0.4, 0.5) is 4.39 Å². The molecule has 0 saturated heterocycles. The Labute approximate surface area is 82.2 Å². The third kappa shape index (κ3) is 1.55. The Hall–Kier alpha value is -1.57. The molecule has 14 heavy (non-hydrogen) atoms. The van der Waals surface area contributed by atoms with E-state index >= 15 is 0 Å². The molecule has 0 N–H and O–H groups in total. The van der Waals surface area contributed by atoms with E-state index in [1.807, 2.05) is 25.1 Å². The van der Waals surface area contributed by atoms with Gasteiger partial charge in [-0.3, -0.25) is 0 Å². The van der Waals surface area contributed by atoms with E-state index in [-0.39, 0.29) is 5.82 Å². The van der Waals surface area contributed by atoms with Crippen LogP contribution >= 0.6 is 0 Å². The van der Waals surface area contributed by atoms with Crippen molar-refractivity contribution in [3.63, 3.8) is 0 Å². The van der Waals surface area contributed by atoms with Gasteiger partial charge in [-0.05, 0) is 37.6 Å². The van der Waals surface area contributed by atoms with Crippen LogP contribution in [-0.4, -0.2) is 0 Å². The minimum Gasteiger partial charge on any atom is -0.461 e. The first-order valence-corrected chi connectivity index (χ1v) is 4.50. The monoisotopic (exact) mass is 190 g/mol. The van der Waals surface area contributed by atoms with Crippen molar-refractivity contribution >= 4 is 0 Å². The Bertz CT molecular complexity index is 457. The molecular formula is C12H11FO. The predicted octanol–water partition coefficient (Wildman–Crippen LogP) is 3.70. The molecule has 2 heteroatoms. The van der Waals surface area contributed by atoms with Crippen LogP contribution < -0.4 is 0 Å². The largest absolute Gasteiger partial charge is 0.461 e. The van der Waals surface area contributed by atoms with Crippen molar-refractivity contribution in [2.75, 3.05) is 0 Å². The molecule has 0 fully saturated rings. The Morgan fingerprint density at radius 2 is 1.86 bits per heavy atom. The highest BCUT2D eigenvalue weighted by Gasteiger charge is 2.04. The minimum atomic E-state index is -0.198. The number of halogens is 1. The third-order valence-corrected chi connectivity index (χ3v) is 2.20. The molecule has 0 saturated carbocycles. The zero-order chi connectivity index (χ0) is 10.1. The third-order valence-electron chi connectivity index (χ3n) is 2.20. The second-order valence-electron chi connectivity index (χ2n) is 3.37. The van der Waals surface area contributed by atoms with Crippen LogP contribution in [0.3, 0.4) is 0 Å². The molecule has 1 aromatic heterocycles. The maximum absolute atomic E-state index is 13.2. The summed E-state index contributed by atoms with van der Waals surface area (Å²) in [5.74, 6) is 1.35. The van der Waals surface area contributed by atoms with Gasteiger partial charge in [0, 0.05) is 5.56 Å². The lowest BCUT2D eigenvalue weighted by Gasteiger charge is -1.99. The van der Waals surface area contributed by atoms with Gasteiger partial charge < -0.3 is 4.42 Å². The zero-order valence-corrected chi connectivity index (χ0v) is 8.17. The van der Waals surface area contributed by atoms with Crippen molar-refractivity contribution in [1.29, 1.82) is 0 Å². The van der Waals surface area contributed by atoms with Crippen molar-refractivity contribution in [3.05, 3.63) is 47.5 Å². The molecule has 0 amide bonds. The number of hydrogen-bond donors (Lipinski definition) is 0. The molecule has 0 unspecified atom stereocenters. The number of aryl methyl sites for hydroxylation is 2. The van der Waals surface area contributed by atoms with Crippen LogP contribution in [0.1, 0.15) is 11.3 Å². The smallest absolute Gasteiger partial charge is 0.134 e. The van der Waals surface area contributed by atoms with Gasteiger partial charge in [0.05, 0.1) is 0 Å². The number of hydrogen-bond acceptors (Lipinski definition) is 1. The molecule has 0 atom stereocenters. The van der Waals surface area contributed by atoms with Gasteiger partial charge in [-0.25, -0.2) is 4.39 Å². The average Bonchev–Trinajstić information content (AvgIpc) is 2.57. The van der Waals surface area contributed by atoms with Crippen LogP contribution in [0, 0.1) is 19.7 Å². The second-order valence-corrected chi connectivity index (χ2v) is 3.37. The summed E-state index contributed by atoms with van der Waals surface area (Å²) in [7, 11) is 0. The first-order chi connectivity index (χ1) is 6.66. The maximum Gasteiger partial charge on any atom is 0.134 e. The molecule has 0 aliphatic rings. The molecule has 0 aliphatic heterocycles. The molecular weight excluding hydrogens is 179 g/mol. The lowest BCUT2D eigenvalue weighted by Crippen LogP contribution is -1.82. The quantitative estimate of drug-likeness (QED) is 0.668. The van der Waals surface area contributed by atoms with Crippen molar-refractivity contribution in [2.24, 2.45) is 0 Å². The van der Waals surface area contributed by atoms with Crippen LogP contribution in [-0.2, 0) is 0 Å². The summed E-state index contributed by atoms with van der Waals surface area (Å²) in [5, 5.41) is 0. The highest BCUT2D eigenvalue weighted by molar-refractivity contribution is 5.58. The van der Waals surface area contributed by atoms with E-state index in [1.165, 1.54) is 6.07 Å². The molecule has 0 aliphatic carbocycles. The van der Waals surface area contributed by atoms with Gasteiger partial charge in [0.1, 0.15) is 17.3 Å². The van der Waals surface area contributed by atoms with E-state index in [4.69, 9.17) is 4.42 Å². The fourth-order valence-electron chi connectivity index (χ4n) is 1.34. The van der Waals surface area contributed by atoms with Crippen LogP contribution in [0.2, 0.25) is 0 Å². The number of benzene rings is 1. The Morgan fingerprint density at radius 1 is 1.07 bits per heavy atom. The topological polar surface area (TPSA) is 13.1 Å². The lowest BCUT2D eigenvalue weighted by atomic mass is 10.1. The molecule has 1 heterocycles. The number of rotatable bonds is 1. The molecule has 2 rings (SSSR count). The Morgan fingerprint density at radius 3 is 2.43 bits per heavy atom. The van der Waals surface area contributed by atoms with Gasteiger partial charge >= 0.3 is 0 Å². The molecule has 0 radical (unpaired) electrons. The molecule has 72 valence electrons. The summed E-state index contributed by atoms with van der Waals surface area (Å²) in [6.07, 6.45) is 0. The van der Waals surface area contributed by atoms with E-state index in [2.05, 4.69) is 0 Å². The van der Waals surface area contributed by atoms with Crippen molar-refractivity contribution in [2.45, 2.75) is 13.8 Å². The lowest BCUT2D eigenvalue weighted by molar-refractivity contribution is 0.547. The fourth-order valence-corrected chi connectivity index (χ4v) is 1.34. The minimum absolute atomic E-state index is 0.198. The first-order valence-electron chi connectivity index (χ1n) is 4.50. The van der Waals surface area contributed by atoms with Gasteiger partial charge in [0.15, 0.2) is 0 Å². The SMILES string of the molecule is Cc1ccc(-c2ccc(C)c(F)c2)o1. The normalized spacial score (nSPS) is 10.5. The standard InChI is InChI=1S/C12H11FO/c1-8-3-5-10(7-11(8)13)12-6-4-9(2)14-12/h3-7H,1-2H3. The summed E-state index contributed by atoms with van der Waals surface area (Å²) in [6, 6.07) is 8.82. The number of furan rings is 1.